The normalized spacial score (nSPS) is 15.0. The Labute approximate surface area is 146 Å². The molecule has 1 aromatic heterocycles. The van der Waals surface area contributed by atoms with Gasteiger partial charge in [0.05, 0.1) is 5.56 Å². The van der Waals surface area contributed by atoms with E-state index in [9.17, 15) is 14.3 Å². The van der Waals surface area contributed by atoms with Gasteiger partial charge in [0, 0.05) is 24.0 Å². The molecule has 1 aliphatic carbocycles. The van der Waals surface area contributed by atoms with Crippen LogP contribution in [0.3, 0.4) is 0 Å². The SMILES string of the molecule is Cc1cc(C(=O)NC[C@H](O)COc2ccc(F)cc2)c(C)n1C1CC1. The fourth-order valence-electron chi connectivity index (χ4n) is 2.99. The quantitative estimate of drug-likeness (QED) is 0.810. The van der Waals surface area contributed by atoms with Crippen molar-refractivity contribution in [3.05, 3.63) is 53.1 Å². The highest BCUT2D eigenvalue weighted by Crippen LogP contribution is 2.38. The number of rotatable bonds is 7. The minimum absolute atomic E-state index is 0.0208. The molecule has 0 radical (unpaired) electrons. The third-order valence-electron chi connectivity index (χ3n) is 4.40. The fourth-order valence-corrected chi connectivity index (χ4v) is 2.99. The van der Waals surface area contributed by atoms with Gasteiger partial charge in [-0.3, -0.25) is 4.79 Å². The number of halogens is 1. The van der Waals surface area contributed by atoms with Crippen LogP contribution in [-0.2, 0) is 0 Å². The zero-order valence-electron chi connectivity index (χ0n) is 14.5. The van der Waals surface area contributed by atoms with E-state index in [2.05, 4.69) is 9.88 Å². The lowest BCUT2D eigenvalue weighted by atomic mass is 10.2. The van der Waals surface area contributed by atoms with Crippen LogP contribution in [0.4, 0.5) is 4.39 Å². The number of aliphatic hydroxyl groups excluding tert-OH is 1. The van der Waals surface area contributed by atoms with Gasteiger partial charge in [0.25, 0.3) is 5.91 Å². The van der Waals surface area contributed by atoms with Gasteiger partial charge in [0.1, 0.15) is 24.3 Å². The van der Waals surface area contributed by atoms with Crippen molar-refractivity contribution in [3.63, 3.8) is 0 Å². The molecule has 1 heterocycles. The van der Waals surface area contributed by atoms with Crippen LogP contribution in [0, 0.1) is 19.7 Å². The Balaban J connectivity index is 1.50. The summed E-state index contributed by atoms with van der Waals surface area (Å²) in [5, 5.41) is 12.7. The highest BCUT2D eigenvalue weighted by molar-refractivity contribution is 5.95. The number of carbonyl (C=O) groups excluding carboxylic acids is 1. The predicted molar refractivity (Wildman–Crippen MR) is 92.4 cm³/mol. The van der Waals surface area contributed by atoms with Crippen molar-refractivity contribution in [2.45, 2.75) is 38.8 Å². The average Bonchev–Trinajstić information content (AvgIpc) is 3.37. The second-order valence-corrected chi connectivity index (χ2v) is 6.51. The van der Waals surface area contributed by atoms with Gasteiger partial charge in [0.15, 0.2) is 0 Å². The highest BCUT2D eigenvalue weighted by Gasteiger charge is 2.28. The number of hydrogen-bond acceptors (Lipinski definition) is 3. The minimum atomic E-state index is -0.846. The van der Waals surface area contributed by atoms with Gasteiger partial charge < -0.3 is 19.7 Å². The number of nitrogens with zero attached hydrogens (tertiary/aromatic N) is 1. The van der Waals surface area contributed by atoms with E-state index in [1.807, 2.05) is 19.9 Å². The molecule has 0 aliphatic heterocycles. The first kappa shape index (κ1) is 17.5. The molecule has 5 nitrogen and oxygen atoms in total. The van der Waals surface area contributed by atoms with Crippen LogP contribution >= 0.6 is 0 Å². The number of hydrogen-bond donors (Lipinski definition) is 2. The van der Waals surface area contributed by atoms with Crippen LogP contribution in [-0.4, -0.2) is 34.8 Å². The molecule has 0 spiro atoms. The number of nitrogens with one attached hydrogen (secondary N) is 1. The molecule has 1 fully saturated rings. The zero-order chi connectivity index (χ0) is 18.0. The monoisotopic (exact) mass is 346 g/mol. The highest BCUT2D eigenvalue weighted by atomic mass is 19.1. The number of ether oxygens (including phenoxy) is 1. The summed E-state index contributed by atoms with van der Waals surface area (Å²) in [6, 6.07) is 7.99. The third-order valence-corrected chi connectivity index (χ3v) is 4.40. The molecule has 25 heavy (non-hydrogen) atoms. The Morgan fingerprint density at radius 1 is 1.36 bits per heavy atom. The van der Waals surface area contributed by atoms with Crippen molar-refractivity contribution in [1.29, 1.82) is 0 Å². The van der Waals surface area contributed by atoms with E-state index in [-0.39, 0.29) is 24.9 Å². The molecule has 6 heteroatoms. The summed E-state index contributed by atoms with van der Waals surface area (Å²) in [5.74, 6) is -0.0652. The zero-order valence-corrected chi connectivity index (χ0v) is 14.5. The number of aromatic nitrogens is 1. The first-order valence-corrected chi connectivity index (χ1v) is 8.48. The van der Waals surface area contributed by atoms with Gasteiger partial charge in [-0.2, -0.15) is 0 Å². The Morgan fingerprint density at radius 3 is 2.68 bits per heavy atom. The lowest BCUT2D eigenvalue weighted by molar-refractivity contribution is 0.0843. The summed E-state index contributed by atoms with van der Waals surface area (Å²) < 4.78 is 20.4. The average molecular weight is 346 g/mol. The van der Waals surface area contributed by atoms with E-state index in [0.29, 0.717) is 17.4 Å². The molecule has 1 amide bonds. The maximum Gasteiger partial charge on any atom is 0.253 e. The molecule has 2 N–H and O–H groups in total. The number of aliphatic hydroxyl groups is 1. The summed E-state index contributed by atoms with van der Waals surface area (Å²) in [7, 11) is 0. The van der Waals surface area contributed by atoms with Crippen molar-refractivity contribution >= 4 is 5.91 Å². The molecule has 134 valence electrons. The van der Waals surface area contributed by atoms with E-state index in [1.165, 1.54) is 24.3 Å². The first-order chi connectivity index (χ1) is 12.0. The third kappa shape index (κ3) is 4.20. The van der Waals surface area contributed by atoms with Gasteiger partial charge in [-0.05, 0) is 57.0 Å². The van der Waals surface area contributed by atoms with Gasteiger partial charge >= 0.3 is 0 Å². The first-order valence-electron chi connectivity index (χ1n) is 8.48. The number of aryl methyl sites for hydroxylation is 1. The predicted octanol–water partition coefficient (Wildman–Crippen LogP) is 2.75. The van der Waals surface area contributed by atoms with Crippen LogP contribution in [0.5, 0.6) is 5.75 Å². The lowest BCUT2D eigenvalue weighted by Gasteiger charge is -2.13. The van der Waals surface area contributed by atoms with E-state index < -0.39 is 6.10 Å². The van der Waals surface area contributed by atoms with Crippen molar-refractivity contribution in [2.24, 2.45) is 0 Å². The summed E-state index contributed by atoms with van der Waals surface area (Å²) in [6.07, 6.45) is 1.48. The molecule has 1 atom stereocenters. The van der Waals surface area contributed by atoms with Crippen LogP contribution in [0.1, 0.15) is 40.6 Å². The van der Waals surface area contributed by atoms with Crippen molar-refractivity contribution in [2.75, 3.05) is 13.2 Å². The number of amides is 1. The number of benzene rings is 1. The van der Waals surface area contributed by atoms with E-state index in [0.717, 1.165) is 24.2 Å². The molecule has 0 unspecified atom stereocenters. The Kier molecular flexibility index (Phi) is 5.08. The second kappa shape index (κ2) is 7.27. The fraction of sp³-hybridized carbons (Fsp3) is 0.421. The van der Waals surface area contributed by atoms with Gasteiger partial charge in [0.2, 0.25) is 0 Å². The minimum Gasteiger partial charge on any atom is -0.491 e. The van der Waals surface area contributed by atoms with E-state index >= 15 is 0 Å². The maximum atomic E-state index is 12.8. The summed E-state index contributed by atoms with van der Waals surface area (Å²) in [6.45, 7) is 4.07. The molecule has 3 rings (SSSR count). The van der Waals surface area contributed by atoms with Crippen molar-refractivity contribution in [1.82, 2.24) is 9.88 Å². The van der Waals surface area contributed by atoms with Gasteiger partial charge in [-0.25, -0.2) is 4.39 Å². The van der Waals surface area contributed by atoms with Gasteiger partial charge in [-0.15, -0.1) is 0 Å². The van der Waals surface area contributed by atoms with E-state index in [1.54, 1.807) is 0 Å². The van der Waals surface area contributed by atoms with Gasteiger partial charge in [-0.1, -0.05) is 0 Å². The van der Waals surface area contributed by atoms with Crippen LogP contribution in [0.2, 0.25) is 0 Å². The summed E-state index contributed by atoms with van der Waals surface area (Å²) >= 11 is 0. The van der Waals surface area contributed by atoms with Crippen LogP contribution in [0.15, 0.2) is 30.3 Å². The molecule has 2 aromatic rings. The largest absolute Gasteiger partial charge is 0.491 e. The van der Waals surface area contributed by atoms with E-state index in [4.69, 9.17) is 4.74 Å². The Hall–Kier alpha value is -2.34. The lowest BCUT2D eigenvalue weighted by Crippen LogP contribution is -2.35. The molecular formula is C19H23FN2O3. The number of carbonyl (C=O) groups is 1. The Bertz CT molecular complexity index is 751. The molecule has 0 saturated heterocycles. The maximum absolute atomic E-state index is 12.8. The second-order valence-electron chi connectivity index (χ2n) is 6.51. The summed E-state index contributed by atoms with van der Waals surface area (Å²) in [5.41, 5.74) is 2.70. The van der Waals surface area contributed by atoms with Crippen LogP contribution < -0.4 is 10.1 Å². The van der Waals surface area contributed by atoms with Crippen LogP contribution in [0.25, 0.3) is 0 Å². The van der Waals surface area contributed by atoms with Crippen molar-refractivity contribution in [3.8, 4) is 5.75 Å². The summed E-state index contributed by atoms with van der Waals surface area (Å²) in [4.78, 5) is 12.4. The molecular weight excluding hydrogens is 323 g/mol. The van der Waals surface area contributed by atoms with Crippen molar-refractivity contribution < 1.29 is 19.0 Å². The Morgan fingerprint density at radius 2 is 2.04 bits per heavy atom. The smallest absolute Gasteiger partial charge is 0.253 e. The molecule has 1 aromatic carbocycles. The topological polar surface area (TPSA) is 63.5 Å². The molecule has 1 saturated carbocycles. The molecule has 0 bridgehead atoms. The molecule has 1 aliphatic rings. The standard InChI is InChI=1S/C19H23FN2O3/c1-12-9-18(13(2)22(12)15-5-6-15)19(24)21-10-16(23)11-25-17-7-3-14(20)4-8-17/h3-4,7-9,15-16,23H,5-6,10-11H2,1-2H3,(H,21,24)/t16-/m0/s1.